The first kappa shape index (κ1) is 16.6. The number of likely N-dealkylation sites (N-methyl/N-ethyl adjacent to an activating group) is 1. The monoisotopic (exact) mass is 279 g/mol. The maximum Gasteiger partial charge on any atom is 0.124 e. The summed E-state index contributed by atoms with van der Waals surface area (Å²) in [5.74, 6) is 4.97. The molecule has 20 heavy (non-hydrogen) atoms. The van der Waals surface area contributed by atoms with Gasteiger partial charge < -0.3 is 9.84 Å². The third-order valence-corrected chi connectivity index (χ3v) is 2.88. The summed E-state index contributed by atoms with van der Waals surface area (Å²) in [6.45, 7) is 7.55. The van der Waals surface area contributed by atoms with Crippen molar-refractivity contribution in [3.05, 3.63) is 35.1 Å². The van der Waals surface area contributed by atoms with Crippen LogP contribution in [-0.2, 0) is 11.3 Å². The summed E-state index contributed by atoms with van der Waals surface area (Å²) in [6.07, 6.45) is 0. The van der Waals surface area contributed by atoms with Gasteiger partial charge in [-0.15, -0.1) is 0 Å². The Morgan fingerprint density at radius 1 is 1.30 bits per heavy atom. The van der Waals surface area contributed by atoms with Crippen LogP contribution in [0.3, 0.4) is 0 Å². The van der Waals surface area contributed by atoms with Gasteiger partial charge in [0.05, 0.1) is 6.61 Å². The molecule has 1 aromatic carbocycles. The Hall–Kier alpha value is -1.41. The molecule has 0 spiro atoms. The second-order valence-electron chi connectivity index (χ2n) is 4.37. The molecule has 0 aromatic heterocycles. The second kappa shape index (κ2) is 9.49. The summed E-state index contributed by atoms with van der Waals surface area (Å²) in [6, 6.07) is 4.76. The molecule has 0 aliphatic rings. The Bertz CT molecular complexity index is 465. The quantitative estimate of drug-likeness (QED) is 0.612. The normalized spacial score (nSPS) is 10.4. The van der Waals surface area contributed by atoms with E-state index >= 15 is 0 Å². The number of benzene rings is 1. The molecule has 0 unspecified atom stereocenters. The predicted molar refractivity (Wildman–Crippen MR) is 77.8 cm³/mol. The molecule has 0 saturated heterocycles. The standard InChI is InChI=1S/C16H22FNO2/c1-3-18(7-9-20-4-2)13-15-10-14(6-5-8-19)11-16(17)12-15/h10-12,19H,3-4,7-9,13H2,1-2H3. The van der Waals surface area contributed by atoms with Crippen LogP contribution < -0.4 is 0 Å². The maximum atomic E-state index is 13.5. The molecular weight excluding hydrogens is 257 g/mol. The van der Waals surface area contributed by atoms with Crippen molar-refractivity contribution in [3.63, 3.8) is 0 Å². The predicted octanol–water partition coefficient (Wildman–Crippen LogP) is 2.03. The zero-order valence-corrected chi connectivity index (χ0v) is 12.2. The zero-order valence-electron chi connectivity index (χ0n) is 12.2. The molecule has 0 amide bonds. The first-order valence-corrected chi connectivity index (χ1v) is 6.88. The van der Waals surface area contributed by atoms with Crippen molar-refractivity contribution in [2.45, 2.75) is 20.4 Å². The highest BCUT2D eigenvalue weighted by molar-refractivity contribution is 5.37. The van der Waals surface area contributed by atoms with Crippen molar-refractivity contribution in [3.8, 4) is 11.8 Å². The van der Waals surface area contributed by atoms with Crippen LogP contribution in [0.1, 0.15) is 25.0 Å². The van der Waals surface area contributed by atoms with Gasteiger partial charge in [0.25, 0.3) is 0 Å². The lowest BCUT2D eigenvalue weighted by molar-refractivity contribution is 0.113. The van der Waals surface area contributed by atoms with Gasteiger partial charge in [-0.2, -0.15) is 0 Å². The number of hydrogen-bond acceptors (Lipinski definition) is 3. The van der Waals surface area contributed by atoms with E-state index in [2.05, 4.69) is 23.7 Å². The zero-order chi connectivity index (χ0) is 14.8. The van der Waals surface area contributed by atoms with E-state index in [-0.39, 0.29) is 12.4 Å². The molecule has 0 bridgehead atoms. The van der Waals surface area contributed by atoms with Crippen LogP contribution in [0.2, 0.25) is 0 Å². The Kier molecular flexibility index (Phi) is 7.89. The lowest BCUT2D eigenvalue weighted by Crippen LogP contribution is -2.27. The minimum Gasteiger partial charge on any atom is -0.384 e. The molecule has 0 radical (unpaired) electrons. The highest BCUT2D eigenvalue weighted by Gasteiger charge is 2.06. The van der Waals surface area contributed by atoms with E-state index in [1.165, 1.54) is 12.1 Å². The third-order valence-electron chi connectivity index (χ3n) is 2.88. The number of aliphatic hydroxyl groups is 1. The van der Waals surface area contributed by atoms with Crippen molar-refractivity contribution in [2.24, 2.45) is 0 Å². The smallest absolute Gasteiger partial charge is 0.124 e. The summed E-state index contributed by atoms with van der Waals surface area (Å²) in [7, 11) is 0. The van der Waals surface area contributed by atoms with Gasteiger partial charge in [-0.25, -0.2) is 4.39 Å². The molecule has 0 aliphatic heterocycles. The molecule has 0 fully saturated rings. The fourth-order valence-corrected chi connectivity index (χ4v) is 1.90. The summed E-state index contributed by atoms with van der Waals surface area (Å²) in [5, 5.41) is 8.68. The molecular formula is C16H22FNO2. The minimum absolute atomic E-state index is 0.221. The summed E-state index contributed by atoms with van der Waals surface area (Å²) >= 11 is 0. The molecule has 1 aromatic rings. The highest BCUT2D eigenvalue weighted by atomic mass is 19.1. The maximum absolute atomic E-state index is 13.5. The first-order chi connectivity index (χ1) is 9.69. The van der Waals surface area contributed by atoms with E-state index in [1.54, 1.807) is 0 Å². The molecule has 0 aliphatic carbocycles. The Morgan fingerprint density at radius 2 is 2.10 bits per heavy atom. The topological polar surface area (TPSA) is 32.7 Å². The van der Waals surface area contributed by atoms with Crippen molar-refractivity contribution < 1.29 is 14.2 Å². The number of halogens is 1. The number of nitrogens with zero attached hydrogens (tertiary/aromatic N) is 1. The molecule has 0 heterocycles. The van der Waals surface area contributed by atoms with Gasteiger partial charge in [-0.05, 0) is 37.2 Å². The highest BCUT2D eigenvalue weighted by Crippen LogP contribution is 2.11. The van der Waals surface area contributed by atoms with Gasteiger partial charge in [0, 0.05) is 25.3 Å². The average molecular weight is 279 g/mol. The van der Waals surface area contributed by atoms with Crippen molar-refractivity contribution >= 4 is 0 Å². The van der Waals surface area contributed by atoms with E-state index in [4.69, 9.17) is 9.84 Å². The number of hydrogen-bond donors (Lipinski definition) is 1. The minimum atomic E-state index is -0.300. The lowest BCUT2D eigenvalue weighted by atomic mass is 10.1. The van der Waals surface area contributed by atoms with E-state index in [1.807, 2.05) is 13.0 Å². The number of aliphatic hydroxyl groups excluding tert-OH is 1. The molecule has 0 atom stereocenters. The lowest BCUT2D eigenvalue weighted by Gasteiger charge is -2.20. The summed E-state index contributed by atoms with van der Waals surface area (Å²) in [5.41, 5.74) is 1.47. The van der Waals surface area contributed by atoms with Gasteiger partial charge in [-0.1, -0.05) is 18.8 Å². The van der Waals surface area contributed by atoms with Crippen LogP contribution in [0.4, 0.5) is 4.39 Å². The van der Waals surface area contributed by atoms with Crippen LogP contribution in [0, 0.1) is 17.7 Å². The molecule has 0 saturated carbocycles. The SMILES string of the molecule is CCOCCN(CC)Cc1cc(F)cc(C#CCO)c1. The van der Waals surface area contributed by atoms with Gasteiger partial charge >= 0.3 is 0 Å². The Morgan fingerprint density at radius 3 is 2.75 bits per heavy atom. The van der Waals surface area contributed by atoms with Crippen LogP contribution in [-0.4, -0.2) is 42.9 Å². The van der Waals surface area contributed by atoms with Gasteiger partial charge in [0.15, 0.2) is 0 Å². The first-order valence-electron chi connectivity index (χ1n) is 6.88. The summed E-state index contributed by atoms with van der Waals surface area (Å²) in [4.78, 5) is 2.19. The van der Waals surface area contributed by atoms with Crippen LogP contribution in [0.25, 0.3) is 0 Å². The van der Waals surface area contributed by atoms with Gasteiger partial charge in [0.1, 0.15) is 12.4 Å². The average Bonchev–Trinajstić information content (AvgIpc) is 2.43. The third kappa shape index (κ3) is 6.16. The molecule has 1 rings (SSSR count). The fraction of sp³-hybridized carbons (Fsp3) is 0.500. The van der Waals surface area contributed by atoms with Crippen LogP contribution in [0.5, 0.6) is 0 Å². The van der Waals surface area contributed by atoms with Crippen molar-refractivity contribution in [2.75, 3.05) is 32.9 Å². The van der Waals surface area contributed by atoms with E-state index in [0.29, 0.717) is 25.3 Å². The molecule has 4 heteroatoms. The second-order valence-corrected chi connectivity index (χ2v) is 4.37. The number of ether oxygens (including phenoxy) is 1. The molecule has 3 nitrogen and oxygen atoms in total. The van der Waals surface area contributed by atoms with Crippen molar-refractivity contribution in [1.82, 2.24) is 4.90 Å². The van der Waals surface area contributed by atoms with Crippen LogP contribution in [0.15, 0.2) is 18.2 Å². The van der Waals surface area contributed by atoms with E-state index in [9.17, 15) is 4.39 Å². The molecule has 110 valence electrons. The largest absolute Gasteiger partial charge is 0.384 e. The van der Waals surface area contributed by atoms with E-state index in [0.717, 1.165) is 18.7 Å². The van der Waals surface area contributed by atoms with E-state index < -0.39 is 0 Å². The number of rotatable bonds is 7. The summed E-state index contributed by atoms with van der Waals surface area (Å²) < 4.78 is 18.9. The molecule has 1 N–H and O–H groups in total. The Labute approximate surface area is 120 Å². The Balaban J connectivity index is 2.71. The van der Waals surface area contributed by atoms with Crippen LogP contribution >= 0.6 is 0 Å². The van der Waals surface area contributed by atoms with Gasteiger partial charge in [-0.3, -0.25) is 4.90 Å². The van der Waals surface area contributed by atoms with Crippen molar-refractivity contribution in [1.29, 1.82) is 0 Å². The van der Waals surface area contributed by atoms with Gasteiger partial charge in [0.2, 0.25) is 0 Å². The fourth-order valence-electron chi connectivity index (χ4n) is 1.90.